The highest BCUT2D eigenvalue weighted by molar-refractivity contribution is 7.99. The molecule has 0 aliphatic heterocycles. The summed E-state index contributed by atoms with van der Waals surface area (Å²) in [5, 5.41) is 2.74. The molecular weight excluding hydrogens is 334 g/mol. The van der Waals surface area contributed by atoms with Gasteiger partial charge in [0.1, 0.15) is 0 Å². The van der Waals surface area contributed by atoms with Crippen molar-refractivity contribution < 1.29 is 14.3 Å². The summed E-state index contributed by atoms with van der Waals surface area (Å²) in [4.78, 5) is 23.9. The molecule has 25 heavy (non-hydrogen) atoms. The molecule has 0 aliphatic rings. The van der Waals surface area contributed by atoms with E-state index in [0.717, 1.165) is 16.9 Å². The highest BCUT2D eigenvalue weighted by atomic mass is 32.2. The predicted octanol–water partition coefficient (Wildman–Crippen LogP) is 4.11. The average Bonchev–Trinajstić information content (AvgIpc) is 2.58. The van der Waals surface area contributed by atoms with Crippen molar-refractivity contribution in [3.63, 3.8) is 0 Å². The lowest BCUT2D eigenvalue weighted by atomic mass is 10.2. The number of amides is 1. The maximum Gasteiger partial charge on any atom is 0.316 e. The van der Waals surface area contributed by atoms with E-state index in [1.165, 1.54) is 17.3 Å². The molecule has 1 N–H and O–H groups in total. The van der Waals surface area contributed by atoms with E-state index in [1.807, 2.05) is 62.4 Å². The van der Waals surface area contributed by atoms with Gasteiger partial charge in [-0.2, -0.15) is 0 Å². The first-order valence-corrected chi connectivity index (χ1v) is 9.30. The van der Waals surface area contributed by atoms with Crippen LogP contribution < -0.4 is 5.32 Å². The van der Waals surface area contributed by atoms with Crippen molar-refractivity contribution in [2.45, 2.75) is 32.6 Å². The van der Waals surface area contributed by atoms with Crippen molar-refractivity contribution in [2.75, 3.05) is 11.1 Å². The Hall–Kier alpha value is -2.27. The highest BCUT2D eigenvalue weighted by Gasteiger charge is 2.17. The molecule has 0 heterocycles. The van der Waals surface area contributed by atoms with Crippen LogP contribution in [0.2, 0.25) is 0 Å². The summed E-state index contributed by atoms with van der Waals surface area (Å²) < 4.78 is 5.19. The number of carbonyl (C=O) groups excluding carboxylic acids is 2. The lowest BCUT2D eigenvalue weighted by Crippen LogP contribution is -2.30. The van der Waals surface area contributed by atoms with Crippen molar-refractivity contribution in [2.24, 2.45) is 0 Å². The number of benzene rings is 2. The van der Waals surface area contributed by atoms with Crippen LogP contribution in [0.4, 0.5) is 5.69 Å². The summed E-state index contributed by atoms with van der Waals surface area (Å²) >= 11 is 1.47. The number of aryl methyl sites for hydroxylation is 2. The molecule has 2 aromatic rings. The second-order valence-electron chi connectivity index (χ2n) is 5.97. The van der Waals surface area contributed by atoms with Crippen LogP contribution in [0.1, 0.15) is 23.6 Å². The van der Waals surface area contributed by atoms with Crippen LogP contribution in [-0.4, -0.2) is 23.7 Å². The highest BCUT2D eigenvalue weighted by Crippen LogP contribution is 2.14. The predicted molar refractivity (Wildman–Crippen MR) is 103 cm³/mol. The van der Waals surface area contributed by atoms with E-state index in [9.17, 15) is 9.59 Å². The Morgan fingerprint density at radius 3 is 2.16 bits per heavy atom. The molecule has 1 atom stereocenters. The Balaban J connectivity index is 1.72. The van der Waals surface area contributed by atoms with Gasteiger partial charge in [-0.3, -0.25) is 9.59 Å². The monoisotopic (exact) mass is 357 g/mol. The number of hydrogen-bond donors (Lipinski definition) is 1. The molecule has 0 aliphatic carbocycles. The Bertz CT molecular complexity index is 711. The van der Waals surface area contributed by atoms with Gasteiger partial charge in [0.25, 0.3) is 5.91 Å². The summed E-state index contributed by atoms with van der Waals surface area (Å²) in [5.41, 5.74) is 4.17. The standard InChI is InChI=1S/C20H23NO3S/c1-14-4-8-17(9-5-14)12-25-13-19(22)24-16(3)20(23)21-18-10-6-15(2)7-11-18/h4-11,16H,12-13H2,1-3H3,(H,21,23)/t16-/m1/s1. The fourth-order valence-electron chi connectivity index (χ4n) is 2.10. The number of rotatable bonds is 7. The lowest BCUT2D eigenvalue weighted by molar-refractivity contribution is -0.150. The molecule has 2 aromatic carbocycles. The molecule has 1 amide bonds. The van der Waals surface area contributed by atoms with Crippen LogP contribution in [0.3, 0.4) is 0 Å². The van der Waals surface area contributed by atoms with E-state index >= 15 is 0 Å². The number of nitrogens with one attached hydrogen (secondary N) is 1. The van der Waals surface area contributed by atoms with Gasteiger partial charge in [-0.25, -0.2) is 0 Å². The first kappa shape index (κ1) is 19.1. The first-order chi connectivity index (χ1) is 11.9. The zero-order valence-corrected chi connectivity index (χ0v) is 15.6. The van der Waals surface area contributed by atoms with Gasteiger partial charge in [-0.05, 0) is 38.5 Å². The van der Waals surface area contributed by atoms with Crippen molar-refractivity contribution >= 4 is 29.3 Å². The van der Waals surface area contributed by atoms with E-state index < -0.39 is 6.10 Å². The number of thioether (sulfide) groups is 1. The van der Waals surface area contributed by atoms with Gasteiger partial charge in [0.2, 0.25) is 0 Å². The fraction of sp³-hybridized carbons (Fsp3) is 0.300. The molecule has 0 saturated heterocycles. The number of hydrogen-bond acceptors (Lipinski definition) is 4. The summed E-state index contributed by atoms with van der Waals surface area (Å²) in [7, 11) is 0. The lowest BCUT2D eigenvalue weighted by Gasteiger charge is -2.13. The minimum atomic E-state index is -0.825. The van der Waals surface area contributed by atoms with E-state index in [2.05, 4.69) is 5.32 Å². The third-order valence-corrected chi connectivity index (χ3v) is 4.58. The molecule has 0 radical (unpaired) electrons. The largest absolute Gasteiger partial charge is 0.452 e. The average molecular weight is 357 g/mol. The molecule has 0 fully saturated rings. The molecule has 0 saturated carbocycles. The zero-order valence-electron chi connectivity index (χ0n) is 14.7. The summed E-state index contributed by atoms with van der Waals surface area (Å²) in [6.45, 7) is 5.59. The molecule has 0 spiro atoms. The second-order valence-corrected chi connectivity index (χ2v) is 6.95. The van der Waals surface area contributed by atoms with Crippen LogP contribution in [0.25, 0.3) is 0 Å². The fourth-order valence-corrected chi connectivity index (χ4v) is 2.87. The Labute approximate surface area is 153 Å². The first-order valence-electron chi connectivity index (χ1n) is 8.14. The molecule has 0 unspecified atom stereocenters. The van der Waals surface area contributed by atoms with Gasteiger partial charge in [0.15, 0.2) is 6.10 Å². The van der Waals surface area contributed by atoms with Gasteiger partial charge in [-0.1, -0.05) is 47.5 Å². The summed E-state index contributed by atoms with van der Waals surface area (Å²) in [5.74, 6) is 0.236. The van der Waals surface area contributed by atoms with Crippen molar-refractivity contribution in [3.8, 4) is 0 Å². The Morgan fingerprint density at radius 1 is 1.00 bits per heavy atom. The maximum absolute atomic E-state index is 12.1. The molecular formula is C20H23NO3S. The van der Waals surface area contributed by atoms with Crippen molar-refractivity contribution in [1.29, 1.82) is 0 Å². The number of anilines is 1. The normalized spacial score (nSPS) is 11.6. The molecule has 4 nitrogen and oxygen atoms in total. The zero-order chi connectivity index (χ0) is 18.2. The van der Waals surface area contributed by atoms with E-state index in [0.29, 0.717) is 5.69 Å². The third kappa shape index (κ3) is 6.63. The van der Waals surface area contributed by atoms with Crippen LogP contribution >= 0.6 is 11.8 Å². The minimum absolute atomic E-state index is 0.218. The van der Waals surface area contributed by atoms with Gasteiger partial charge >= 0.3 is 5.97 Å². The van der Waals surface area contributed by atoms with Crippen LogP contribution in [0.15, 0.2) is 48.5 Å². The van der Waals surface area contributed by atoms with Gasteiger partial charge in [0, 0.05) is 11.4 Å². The molecule has 5 heteroatoms. The molecule has 0 bridgehead atoms. The van der Waals surface area contributed by atoms with Gasteiger partial charge in [-0.15, -0.1) is 11.8 Å². The maximum atomic E-state index is 12.1. The van der Waals surface area contributed by atoms with Crippen molar-refractivity contribution in [3.05, 3.63) is 65.2 Å². The molecule has 2 rings (SSSR count). The van der Waals surface area contributed by atoms with Crippen LogP contribution in [0, 0.1) is 13.8 Å². The molecule has 132 valence electrons. The van der Waals surface area contributed by atoms with Crippen LogP contribution in [-0.2, 0) is 20.1 Å². The number of carbonyl (C=O) groups is 2. The second kappa shape index (κ2) is 9.28. The van der Waals surface area contributed by atoms with E-state index in [-0.39, 0.29) is 17.6 Å². The summed E-state index contributed by atoms with van der Waals surface area (Å²) in [6.07, 6.45) is -0.825. The van der Waals surface area contributed by atoms with Crippen molar-refractivity contribution in [1.82, 2.24) is 0 Å². The Kier molecular flexibility index (Phi) is 7.07. The SMILES string of the molecule is Cc1ccc(CSCC(=O)O[C@H](C)C(=O)Nc2ccc(C)cc2)cc1. The smallest absolute Gasteiger partial charge is 0.316 e. The third-order valence-electron chi connectivity index (χ3n) is 3.61. The topological polar surface area (TPSA) is 55.4 Å². The van der Waals surface area contributed by atoms with Gasteiger partial charge < -0.3 is 10.1 Å². The van der Waals surface area contributed by atoms with E-state index in [4.69, 9.17) is 4.74 Å². The molecule has 0 aromatic heterocycles. The van der Waals surface area contributed by atoms with E-state index in [1.54, 1.807) is 6.92 Å². The number of esters is 1. The Morgan fingerprint density at radius 2 is 1.56 bits per heavy atom. The number of ether oxygens (including phenoxy) is 1. The van der Waals surface area contributed by atoms with Crippen LogP contribution in [0.5, 0.6) is 0 Å². The summed E-state index contributed by atoms with van der Waals surface area (Å²) in [6, 6.07) is 15.6. The van der Waals surface area contributed by atoms with Gasteiger partial charge in [0.05, 0.1) is 5.75 Å². The minimum Gasteiger partial charge on any atom is -0.452 e. The quantitative estimate of drug-likeness (QED) is 0.758.